The fourth-order valence-electron chi connectivity index (χ4n) is 3.14. The molecule has 0 aromatic heterocycles. The first-order valence-corrected chi connectivity index (χ1v) is 9.22. The molecule has 0 aliphatic carbocycles. The maximum Gasteiger partial charge on any atom is -0.0273 e. The van der Waals surface area contributed by atoms with Gasteiger partial charge in [-0.1, -0.05) is 77.5 Å². The van der Waals surface area contributed by atoms with Crippen LogP contribution in [0, 0.1) is 6.92 Å². The minimum Gasteiger partial charge on any atom is -0.0654 e. The third-order valence-electron chi connectivity index (χ3n) is 4.40. The van der Waals surface area contributed by atoms with Crippen molar-refractivity contribution < 1.29 is 0 Å². The van der Waals surface area contributed by atoms with Gasteiger partial charge < -0.3 is 0 Å². The lowest BCUT2D eigenvalue weighted by molar-refractivity contribution is 0.655. The predicted octanol–water partition coefficient (Wildman–Crippen LogP) is 6.70. The third-order valence-corrected chi connectivity index (χ3v) is 4.40. The van der Waals surface area contributed by atoms with Crippen molar-refractivity contribution in [3.63, 3.8) is 0 Å². The molecule has 21 heavy (non-hydrogen) atoms. The van der Waals surface area contributed by atoms with Crippen molar-refractivity contribution in [2.75, 3.05) is 0 Å². The van der Waals surface area contributed by atoms with Crippen molar-refractivity contribution in [3.8, 4) is 0 Å². The highest BCUT2D eigenvalue weighted by Gasteiger charge is 2.07. The highest BCUT2D eigenvalue weighted by Crippen LogP contribution is 2.21. The first-order chi connectivity index (χ1) is 10.3. The quantitative estimate of drug-likeness (QED) is 0.375. The predicted molar refractivity (Wildman–Crippen MR) is 95.8 cm³/mol. The zero-order chi connectivity index (χ0) is 15.3. The standard InChI is InChI=1S/C21H35/c1-4-7-9-11-15-19-17-13-18-20(21(19)14-6-3)16-12-10-8-5-2/h13,17-18H,3-12,14-16H2,1-2H3. The van der Waals surface area contributed by atoms with Gasteiger partial charge in [0.25, 0.3) is 0 Å². The lowest BCUT2D eigenvalue weighted by Crippen LogP contribution is -2.01. The molecule has 0 saturated carbocycles. The molecule has 0 spiro atoms. The molecule has 1 aromatic carbocycles. The second-order valence-corrected chi connectivity index (χ2v) is 6.28. The average Bonchev–Trinajstić information content (AvgIpc) is 2.50. The van der Waals surface area contributed by atoms with Crippen LogP contribution in [-0.2, 0) is 19.3 Å². The molecule has 0 nitrogen and oxygen atoms in total. The Morgan fingerprint density at radius 2 is 1.24 bits per heavy atom. The van der Waals surface area contributed by atoms with Crippen molar-refractivity contribution >= 4 is 0 Å². The summed E-state index contributed by atoms with van der Waals surface area (Å²) in [5.74, 6) is 0. The summed E-state index contributed by atoms with van der Waals surface area (Å²) in [4.78, 5) is 0. The molecule has 0 saturated heterocycles. The summed E-state index contributed by atoms with van der Waals surface area (Å²) in [6, 6.07) is 6.98. The van der Waals surface area contributed by atoms with Crippen LogP contribution >= 0.6 is 0 Å². The molecule has 0 unspecified atom stereocenters. The van der Waals surface area contributed by atoms with Crippen LogP contribution in [0.2, 0.25) is 0 Å². The van der Waals surface area contributed by atoms with Crippen molar-refractivity contribution in [3.05, 3.63) is 41.8 Å². The molecule has 0 N–H and O–H groups in total. The highest BCUT2D eigenvalue weighted by atomic mass is 14.1. The van der Waals surface area contributed by atoms with Crippen molar-refractivity contribution in [1.29, 1.82) is 0 Å². The van der Waals surface area contributed by atoms with Gasteiger partial charge in [-0.25, -0.2) is 0 Å². The molecule has 0 atom stereocenters. The third kappa shape index (κ3) is 7.16. The summed E-state index contributed by atoms with van der Waals surface area (Å²) in [6.07, 6.45) is 15.5. The molecule has 1 aromatic rings. The average molecular weight is 288 g/mol. The molecule has 0 aliphatic rings. The van der Waals surface area contributed by atoms with Crippen LogP contribution in [0.1, 0.15) is 88.3 Å². The summed E-state index contributed by atoms with van der Waals surface area (Å²) in [5.41, 5.74) is 4.82. The van der Waals surface area contributed by atoms with Crippen molar-refractivity contribution in [2.45, 2.75) is 90.9 Å². The van der Waals surface area contributed by atoms with E-state index in [2.05, 4.69) is 39.0 Å². The number of hydrogen-bond donors (Lipinski definition) is 0. The molecular formula is C21H35. The Morgan fingerprint density at radius 3 is 1.67 bits per heavy atom. The van der Waals surface area contributed by atoms with Gasteiger partial charge in [-0.2, -0.15) is 0 Å². The minimum atomic E-state index is 1.02. The first-order valence-electron chi connectivity index (χ1n) is 9.22. The van der Waals surface area contributed by atoms with Crippen molar-refractivity contribution in [2.24, 2.45) is 0 Å². The number of aryl methyl sites for hydroxylation is 2. The van der Waals surface area contributed by atoms with Crippen LogP contribution in [0.5, 0.6) is 0 Å². The SMILES string of the molecule is [CH2]CCc1c(CCCCCC)cccc1CCCCCC. The summed E-state index contributed by atoms with van der Waals surface area (Å²) in [7, 11) is 0. The molecule has 119 valence electrons. The molecule has 1 radical (unpaired) electrons. The summed E-state index contributed by atoms with van der Waals surface area (Å²) < 4.78 is 0. The van der Waals surface area contributed by atoms with E-state index in [-0.39, 0.29) is 0 Å². The molecular weight excluding hydrogens is 252 g/mol. The number of unbranched alkanes of at least 4 members (excludes halogenated alkanes) is 6. The lowest BCUT2D eigenvalue weighted by atomic mass is 9.91. The van der Waals surface area contributed by atoms with Gasteiger partial charge in [-0.15, -0.1) is 0 Å². The van der Waals surface area contributed by atoms with Gasteiger partial charge in [0.2, 0.25) is 0 Å². The largest absolute Gasteiger partial charge is 0.0654 e. The van der Waals surface area contributed by atoms with Crippen LogP contribution in [0.15, 0.2) is 18.2 Å². The van der Waals surface area contributed by atoms with Crippen LogP contribution in [0.4, 0.5) is 0 Å². The second-order valence-electron chi connectivity index (χ2n) is 6.28. The first kappa shape index (κ1) is 18.3. The van der Waals surface area contributed by atoms with Crippen LogP contribution in [0.3, 0.4) is 0 Å². The Hall–Kier alpha value is -0.780. The zero-order valence-electron chi connectivity index (χ0n) is 14.4. The van der Waals surface area contributed by atoms with Gasteiger partial charge >= 0.3 is 0 Å². The maximum absolute atomic E-state index is 4.08. The van der Waals surface area contributed by atoms with E-state index in [1.165, 1.54) is 64.2 Å². The van der Waals surface area contributed by atoms with Crippen LogP contribution < -0.4 is 0 Å². The molecule has 0 bridgehead atoms. The van der Waals surface area contributed by atoms with E-state index in [4.69, 9.17) is 0 Å². The van der Waals surface area contributed by atoms with E-state index in [0.717, 1.165) is 12.8 Å². The molecule has 0 heteroatoms. The van der Waals surface area contributed by atoms with E-state index in [1.807, 2.05) is 0 Å². The topological polar surface area (TPSA) is 0 Å². The Kier molecular flexibility index (Phi) is 10.3. The highest BCUT2D eigenvalue weighted by molar-refractivity contribution is 5.36. The molecule has 0 fully saturated rings. The monoisotopic (exact) mass is 287 g/mol. The lowest BCUT2D eigenvalue weighted by Gasteiger charge is -2.15. The second kappa shape index (κ2) is 11.8. The Bertz CT molecular complexity index is 334. The van der Waals surface area contributed by atoms with Crippen LogP contribution in [0.25, 0.3) is 0 Å². The van der Waals surface area contributed by atoms with Gasteiger partial charge in [0.1, 0.15) is 0 Å². The minimum absolute atomic E-state index is 1.02. The van der Waals surface area contributed by atoms with E-state index < -0.39 is 0 Å². The maximum atomic E-state index is 4.08. The molecule has 0 aliphatic heterocycles. The number of rotatable bonds is 12. The smallest absolute Gasteiger partial charge is 0.0273 e. The van der Waals surface area contributed by atoms with Gasteiger partial charge in [0.05, 0.1) is 0 Å². The Labute approximate surface area is 133 Å². The fourth-order valence-corrected chi connectivity index (χ4v) is 3.14. The van der Waals surface area contributed by atoms with Gasteiger partial charge in [-0.3, -0.25) is 0 Å². The summed E-state index contributed by atoms with van der Waals surface area (Å²) in [6.45, 7) is 8.65. The zero-order valence-corrected chi connectivity index (χ0v) is 14.4. The van der Waals surface area contributed by atoms with Crippen molar-refractivity contribution in [1.82, 2.24) is 0 Å². The van der Waals surface area contributed by atoms with Gasteiger partial charge in [-0.05, 0) is 55.2 Å². The Morgan fingerprint density at radius 1 is 0.714 bits per heavy atom. The van der Waals surface area contributed by atoms with E-state index in [9.17, 15) is 0 Å². The fraction of sp³-hybridized carbons (Fsp3) is 0.667. The summed E-state index contributed by atoms with van der Waals surface area (Å²) in [5, 5.41) is 0. The number of hydrogen-bond acceptors (Lipinski definition) is 0. The molecule has 0 amide bonds. The van der Waals surface area contributed by atoms with E-state index in [1.54, 1.807) is 16.7 Å². The van der Waals surface area contributed by atoms with Gasteiger partial charge in [0, 0.05) is 0 Å². The van der Waals surface area contributed by atoms with Gasteiger partial charge in [0.15, 0.2) is 0 Å². The number of benzene rings is 1. The molecule has 0 heterocycles. The molecule has 1 rings (SSSR count). The Balaban J connectivity index is 2.63. The van der Waals surface area contributed by atoms with E-state index >= 15 is 0 Å². The van der Waals surface area contributed by atoms with E-state index in [0.29, 0.717) is 0 Å². The van der Waals surface area contributed by atoms with Crippen LogP contribution in [-0.4, -0.2) is 0 Å². The normalized spacial score (nSPS) is 11.0. The summed E-state index contributed by atoms with van der Waals surface area (Å²) >= 11 is 0.